The topological polar surface area (TPSA) is 74.5 Å². The molecule has 1 unspecified atom stereocenters. The third kappa shape index (κ3) is 3.65. The number of hydrogen-bond donors (Lipinski definition) is 1. The van der Waals surface area contributed by atoms with Gasteiger partial charge in [0, 0.05) is 50.3 Å². The average molecular weight is 406 g/mol. The Balaban J connectivity index is 1.24. The molecule has 0 radical (unpaired) electrons. The molecule has 4 heterocycles. The van der Waals surface area contributed by atoms with Gasteiger partial charge >= 0.3 is 0 Å². The molecule has 2 aliphatic heterocycles. The van der Waals surface area contributed by atoms with Gasteiger partial charge in [-0.1, -0.05) is 18.2 Å². The van der Waals surface area contributed by atoms with Crippen LogP contribution in [0.2, 0.25) is 0 Å². The number of amides is 1. The molecule has 0 bridgehead atoms. The summed E-state index contributed by atoms with van der Waals surface area (Å²) in [6.45, 7) is 3.28. The third-order valence-electron chi connectivity index (χ3n) is 6.66. The number of likely N-dealkylation sites (tertiary alicyclic amines) is 1. The SMILES string of the molecule is O=C(Cn1ccc2ccccc21)N1CCC2(CC1)CC(O)CN(c1cnccn1)C2. The summed E-state index contributed by atoms with van der Waals surface area (Å²) in [6.07, 6.45) is 9.31. The number of piperidine rings is 2. The number of aliphatic hydroxyl groups is 1. The van der Waals surface area contributed by atoms with E-state index >= 15 is 0 Å². The van der Waals surface area contributed by atoms with Crippen molar-refractivity contribution < 1.29 is 9.90 Å². The molecule has 2 aliphatic rings. The Morgan fingerprint density at radius 2 is 2.00 bits per heavy atom. The molecule has 2 saturated heterocycles. The molecule has 3 aromatic rings. The van der Waals surface area contributed by atoms with Crippen molar-refractivity contribution in [1.29, 1.82) is 0 Å². The molecule has 5 rings (SSSR count). The lowest BCUT2D eigenvalue weighted by atomic mass is 9.71. The van der Waals surface area contributed by atoms with Crippen LogP contribution < -0.4 is 4.90 Å². The van der Waals surface area contributed by atoms with E-state index in [1.807, 2.05) is 27.8 Å². The van der Waals surface area contributed by atoms with E-state index in [0.29, 0.717) is 13.1 Å². The van der Waals surface area contributed by atoms with Crippen LogP contribution in [0.15, 0.2) is 55.1 Å². The molecular weight excluding hydrogens is 378 g/mol. The second-order valence-corrected chi connectivity index (χ2v) is 8.69. The molecule has 2 fully saturated rings. The first kappa shape index (κ1) is 19.1. The minimum atomic E-state index is -0.380. The van der Waals surface area contributed by atoms with Crippen molar-refractivity contribution >= 4 is 22.6 Å². The zero-order valence-corrected chi connectivity index (χ0v) is 17.0. The number of nitrogens with zero attached hydrogens (tertiary/aromatic N) is 5. The van der Waals surface area contributed by atoms with Crippen molar-refractivity contribution in [2.24, 2.45) is 5.41 Å². The van der Waals surface area contributed by atoms with Gasteiger partial charge < -0.3 is 19.5 Å². The van der Waals surface area contributed by atoms with Gasteiger partial charge in [0.2, 0.25) is 5.91 Å². The normalized spacial score (nSPS) is 21.3. The minimum Gasteiger partial charge on any atom is -0.391 e. The lowest BCUT2D eigenvalue weighted by Gasteiger charge is -2.49. The molecule has 0 saturated carbocycles. The van der Waals surface area contributed by atoms with Crippen LogP contribution in [0.3, 0.4) is 0 Å². The molecular formula is C23H27N5O2. The van der Waals surface area contributed by atoms with Crippen molar-refractivity contribution in [2.75, 3.05) is 31.1 Å². The summed E-state index contributed by atoms with van der Waals surface area (Å²) in [7, 11) is 0. The average Bonchev–Trinajstić information content (AvgIpc) is 3.17. The van der Waals surface area contributed by atoms with Gasteiger partial charge in [0.05, 0.1) is 12.3 Å². The predicted molar refractivity (Wildman–Crippen MR) is 115 cm³/mol. The molecule has 1 spiro atoms. The molecule has 156 valence electrons. The molecule has 7 nitrogen and oxygen atoms in total. The van der Waals surface area contributed by atoms with E-state index in [0.717, 1.165) is 55.6 Å². The van der Waals surface area contributed by atoms with Crippen LogP contribution >= 0.6 is 0 Å². The first-order chi connectivity index (χ1) is 14.6. The lowest BCUT2D eigenvalue weighted by molar-refractivity contribution is -0.134. The molecule has 30 heavy (non-hydrogen) atoms. The van der Waals surface area contributed by atoms with Crippen LogP contribution in [0.1, 0.15) is 19.3 Å². The second-order valence-electron chi connectivity index (χ2n) is 8.69. The van der Waals surface area contributed by atoms with Crippen LogP contribution in [0.4, 0.5) is 5.82 Å². The second kappa shape index (κ2) is 7.72. The zero-order valence-electron chi connectivity index (χ0n) is 17.0. The highest BCUT2D eigenvalue weighted by Crippen LogP contribution is 2.41. The number of β-amino-alcohol motifs (C(OH)–C–C–N with tert-alkyl or cyclic N) is 1. The standard InChI is InChI=1S/C23H27N5O2/c29-19-13-23(17-28(15-19)21-14-24-8-9-25-21)6-11-26(12-7-23)22(30)16-27-10-5-18-3-1-2-4-20(18)27/h1-5,8-10,14,19,29H,6-7,11-13,15-17H2. The van der Waals surface area contributed by atoms with Crippen LogP contribution in [-0.2, 0) is 11.3 Å². The van der Waals surface area contributed by atoms with Gasteiger partial charge in [-0.05, 0) is 42.2 Å². The van der Waals surface area contributed by atoms with Crippen molar-refractivity contribution in [3.63, 3.8) is 0 Å². The minimum absolute atomic E-state index is 0.0200. The fourth-order valence-corrected chi connectivity index (χ4v) is 5.10. The summed E-state index contributed by atoms with van der Waals surface area (Å²) in [4.78, 5) is 25.7. The number of fused-ring (bicyclic) bond motifs is 1. The van der Waals surface area contributed by atoms with Crippen molar-refractivity contribution in [2.45, 2.75) is 31.9 Å². The van der Waals surface area contributed by atoms with Crippen LogP contribution in [0, 0.1) is 5.41 Å². The summed E-state index contributed by atoms with van der Waals surface area (Å²) >= 11 is 0. The van der Waals surface area contributed by atoms with Gasteiger partial charge in [-0.25, -0.2) is 4.98 Å². The Bertz CT molecular complexity index is 1030. The van der Waals surface area contributed by atoms with Crippen LogP contribution in [0.5, 0.6) is 0 Å². The number of rotatable bonds is 3. The lowest BCUT2D eigenvalue weighted by Crippen LogP contribution is -2.55. The Morgan fingerprint density at radius 1 is 1.17 bits per heavy atom. The van der Waals surface area contributed by atoms with Crippen molar-refractivity contribution in [3.05, 3.63) is 55.1 Å². The number of carbonyl (C=O) groups excluding carboxylic acids is 1. The summed E-state index contributed by atoms with van der Waals surface area (Å²) < 4.78 is 2.03. The van der Waals surface area contributed by atoms with E-state index < -0.39 is 0 Å². The highest BCUT2D eigenvalue weighted by atomic mass is 16.3. The summed E-state index contributed by atoms with van der Waals surface area (Å²) in [6, 6.07) is 10.2. The number of benzene rings is 1. The fourth-order valence-electron chi connectivity index (χ4n) is 5.10. The van der Waals surface area contributed by atoms with Crippen LogP contribution in [-0.4, -0.2) is 62.7 Å². The number of hydrogen-bond acceptors (Lipinski definition) is 5. The number of anilines is 1. The smallest absolute Gasteiger partial charge is 0.242 e. The summed E-state index contributed by atoms with van der Waals surface area (Å²) in [5.41, 5.74) is 1.11. The molecule has 7 heteroatoms. The van der Waals surface area contributed by atoms with Gasteiger partial charge in [-0.15, -0.1) is 0 Å². The van der Waals surface area contributed by atoms with E-state index in [-0.39, 0.29) is 17.4 Å². The van der Waals surface area contributed by atoms with Crippen molar-refractivity contribution in [1.82, 2.24) is 19.4 Å². The first-order valence-electron chi connectivity index (χ1n) is 10.6. The number of aromatic nitrogens is 3. The van der Waals surface area contributed by atoms with Crippen molar-refractivity contribution in [3.8, 4) is 0 Å². The third-order valence-corrected chi connectivity index (χ3v) is 6.66. The van der Waals surface area contributed by atoms with E-state index in [1.54, 1.807) is 18.6 Å². The summed E-state index contributed by atoms with van der Waals surface area (Å²) in [5, 5.41) is 11.7. The Morgan fingerprint density at radius 3 is 2.80 bits per heavy atom. The Kier molecular flexibility index (Phi) is 4.90. The maximum atomic E-state index is 13.0. The predicted octanol–water partition coefficient (Wildman–Crippen LogP) is 2.31. The molecule has 2 aromatic heterocycles. The molecule has 1 atom stereocenters. The number of para-hydroxylation sites is 1. The molecule has 1 aromatic carbocycles. The Hall–Kier alpha value is -2.93. The molecule has 1 amide bonds. The quantitative estimate of drug-likeness (QED) is 0.724. The maximum Gasteiger partial charge on any atom is 0.242 e. The van der Waals surface area contributed by atoms with Gasteiger partial charge in [-0.3, -0.25) is 9.78 Å². The molecule has 1 N–H and O–H groups in total. The van der Waals surface area contributed by atoms with Crippen LogP contribution in [0.25, 0.3) is 10.9 Å². The highest BCUT2D eigenvalue weighted by Gasteiger charge is 2.42. The van der Waals surface area contributed by atoms with Gasteiger partial charge in [0.15, 0.2) is 0 Å². The maximum absolute atomic E-state index is 13.0. The monoisotopic (exact) mass is 405 g/mol. The summed E-state index contributed by atoms with van der Waals surface area (Å²) in [5.74, 6) is 0.974. The fraction of sp³-hybridized carbons (Fsp3) is 0.435. The van der Waals surface area contributed by atoms with Gasteiger partial charge in [0.25, 0.3) is 0 Å². The first-order valence-corrected chi connectivity index (χ1v) is 10.6. The van der Waals surface area contributed by atoms with Gasteiger partial charge in [0.1, 0.15) is 12.4 Å². The van der Waals surface area contributed by atoms with E-state index in [2.05, 4.69) is 33.1 Å². The largest absolute Gasteiger partial charge is 0.391 e. The molecule has 0 aliphatic carbocycles. The van der Waals surface area contributed by atoms with E-state index in [9.17, 15) is 9.90 Å². The number of carbonyl (C=O) groups is 1. The zero-order chi connectivity index (χ0) is 20.6. The number of aliphatic hydroxyl groups excluding tert-OH is 1. The highest BCUT2D eigenvalue weighted by molar-refractivity contribution is 5.83. The Labute approximate surface area is 176 Å². The van der Waals surface area contributed by atoms with E-state index in [4.69, 9.17) is 0 Å². The van der Waals surface area contributed by atoms with Gasteiger partial charge in [-0.2, -0.15) is 0 Å². The van der Waals surface area contributed by atoms with E-state index in [1.165, 1.54) is 0 Å².